The number of nitrogens with zero attached hydrogens (tertiary/aromatic N) is 1. The molecular formula is C19H24FN3O6S2. The number of carbonyl (C=O) groups is 1. The molecule has 0 spiro atoms. The molecule has 2 aromatic rings. The lowest BCUT2D eigenvalue weighted by atomic mass is 10.2. The summed E-state index contributed by atoms with van der Waals surface area (Å²) in [5, 5.41) is 2.53. The molecule has 2 aromatic carbocycles. The van der Waals surface area contributed by atoms with Crippen LogP contribution in [0.3, 0.4) is 0 Å². The molecule has 0 fully saturated rings. The monoisotopic (exact) mass is 473 g/mol. The largest absolute Gasteiger partial charge is 0.495 e. The number of hydrogen-bond acceptors (Lipinski definition) is 6. The number of likely N-dealkylation sites (N-methyl/N-ethyl adjacent to an activating group) is 1. The van der Waals surface area contributed by atoms with E-state index in [2.05, 4.69) is 10.0 Å². The van der Waals surface area contributed by atoms with Gasteiger partial charge in [-0.05, 0) is 49.9 Å². The fourth-order valence-electron chi connectivity index (χ4n) is 2.73. The Hall–Kier alpha value is -2.54. The highest BCUT2D eigenvalue weighted by Crippen LogP contribution is 2.27. The smallest absolute Gasteiger partial charge is 0.247 e. The van der Waals surface area contributed by atoms with Crippen molar-refractivity contribution in [2.45, 2.75) is 23.6 Å². The minimum absolute atomic E-state index is 0.0546. The lowest BCUT2D eigenvalue weighted by Gasteiger charge is -2.21. The summed E-state index contributed by atoms with van der Waals surface area (Å²) in [5.74, 6) is -1.51. The van der Waals surface area contributed by atoms with Gasteiger partial charge in [-0.25, -0.2) is 25.9 Å². The number of halogens is 1. The minimum atomic E-state index is -4.25. The average molecular weight is 474 g/mol. The number of aryl methyl sites for hydroxylation is 1. The molecule has 0 aliphatic rings. The van der Waals surface area contributed by atoms with Gasteiger partial charge in [0.2, 0.25) is 26.0 Å². The van der Waals surface area contributed by atoms with E-state index in [9.17, 15) is 26.0 Å². The summed E-state index contributed by atoms with van der Waals surface area (Å²) in [6.07, 6.45) is 0. The number of hydrogen-bond donors (Lipinski definition) is 2. The van der Waals surface area contributed by atoms with Crippen LogP contribution in [0.15, 0.2) is 46.2 Å². The number of carbonyl (C=O) groups excluding carboxylic acids is 1. The van der Waals surface area contributed by atoms with E-state index in [1.165, 1.54) is 45.3 Å². The summed E-state index contributed by atoms with van der Waals surface area (Å²) in [7, 11) is -5.46. The first kappa shape index (κ1) is 24.7. The third-order valence-electron chi connectivity index (χ3n) is 4.48. The molecule has 2 N–H and O–H groups in total. The van der Waals surface area contributed by atoms with Crippen LogP contribution < -0.4 is 14.8 Å². The molecule has 170 valence electrons. The Morgan fingerprint density at radius 2 is 1.81 bits per heavy atom. The molecule has 0 bridgehead atoms. The second kappa shape index (κ2) is 9.73. The molecular weight excluding hydrogens is 449 g/mol. The van der Waals surface area contributed by atoms with Crippen LogP contribution in [-0.4, -0.2) is 54.3 Å². The van der Waals surface area contributed by atoms with E-state index >= 15 is 0 Å². The van der Waals surface area contributed by atoms with Gasteiger partial charge in [0.1, 0.15) is 16.5 Å². The SMILES string of the molecule is CCN(CC(=O)Nc1cc(S(=O)(=O)NC)ccc1C)S(=O)(=O)c1cc(F)ccc1OC. The normalized spacial score (nSPS) is 12.1. The molecule has 0 atom stereocenters. The van der Waals surface area contributed by atoms with Crippen LogP contribution in [0, 0.1) is 12.7 Å². The Balaban J connectivity index is 2.30. The van der Waals surface area contributed by atoms with Gasteiger partial charge in [0, 0.05) is 12.2 Å². The molecule has 0 unspecified atom stereocenters. The standard InChI is InChI=1S/C19H24FN3O6S2/c1-5-23(31(27,28)18-10-14(20)7-9-17(18)29-4)12-19(24)22-16-11-15(8-6-13(16)2)30(25,26)21-3/h6-11,21H,5,12H2,1-4H3,(H,22,24). The first-order valence-electron chi connectivity index (χ1n) is 9.14. The van der Waals surface area contributed by atoms with E-state index < -0.39 is 43.2 Å². The summed E-state index contributed by atoms with van der Waals surface area (Å²) in [6, 6.07) is 7.26. The predicted octanol–water partition coefficient (Wildman–Crippen LogP) is 1.70. The number of sulfonamides is 2. The van der Waals surface area contributed by atoms with Crippen molar-refractivity contribution in [1.29, 1.82) is 0 Å². The highest BCUT2D eigenvalue weighted by atomic mass is 32.2. The lowest BCUT2D eigenvalue weighted by Crippen LogP contribution is -2.38. The fourth-order valence-corrected chi connectivity index (χ4v) is 5.06. The molecule has 9 nitrogen and oxygen atoms in total. The minimum Gasteiger partial charge on any atom is -0.495 e. The van der Waals surface area contributed by atoms with Gasteiger partial charge in [-0.3, -0.25) is 4.79 Å². The molecule has 0 saturated heterocycles. The average Bonchev–Trinajstić information content (AvgIpc) is 2.73. The van der Waals surface area contributed by atoms with E-state index in [0.717, 1.165) is 16.4 Å². The van der Waals surface area contributed by atoms with E-state index in [1.807, 2.05) is 0 Å². The van der Waals surface area contributed by atoms with Gasteiger partial charge in [0.15, 0.2) is 0 Å². The molecule has 0 aliphatic carbocycles. The van der Waals surface area contributed by atoms with Crippen LogP contribution >= 0.6 is 0 Å². The molecule has 0 radical (unpaired) electrons. The number of amides is 1. The number of anilines is 1. The zero-order valence-corrected chi connectivity index (χ0v) is 19.1. The van der Waals surface area contributed by atoms with Crippen LogP contribution in [-0.2, 0) is 24.8 Å². The van der Waals surface area contributed by atoms with Crippen LogP contribution in [0.2, 0.25) is 0 Å². The molecule has 2 rings (SSSR count). The first-order chi connectivity index (χ1) is 14.5. The quantitative estimate of drug-likeness (QED) is 0.572. The zero-order chi connectivity index (χ0) is 23.4. The van der Waals surface area contributed by atoms with Gasteiger partial charge in [0.05, 0.1) is 18.6 Å². The van der Waals surface area contributed by atoms with E-state index in [4.69, 9.17) is 4.74 Å². The van der Waals surface area contributed by atoms with Gasteiger partial charge >= 0.3 is 0 Å². The predicted molar refractivity (Wildman–Crippen MR) is 113 cm³/mol. The highest BCUT2D eigenvalue weighted by Gasteiger charge is 2.29. The Morgan fingerprint density at radius 1 is 1.13 bits per heavy atom. The summed E-state index contributed by atoms with van der Waals surface area (Å²) in [6.45, 7) is 2.56. The molecule has 12 heteroatoms. The second-order valence-corrected chi connectivity index (χ2v) is 10.3. The van der Waals surface area contributed by atoms with Crippen molar-refractivity contribution in [2.24, 2.45) is 0 Å². The van der Waals surface area contributed by atoms with E-state index in [1.54, 1.807) is 6.92 Å². The van der Waals surface area contributed by atoms with Gasteiger partial charge in [-0.2, -0.15) is 4.31 Å². The third-order valence-corrected chi connectivity index (χ3v) is 7.83. The maximum atomic E-state index is 13.7. The molecule has 0 aliphatic heterocycles. The molecule has 31 heavy (non-hydrogen) atoms. The van der Waals surface area contributed by atoms with Crippen molar-refractivity contribution in [2.75, 3.05) is 32.6 Å². The molecule has 0 heterocycles. The number of nitrogens with one attached hydrogen (secondary N) is 2. The topological polar surface area (TPSA) is 122 Å². The van der Waals surface area contributed by atoms with Gasteiger partial charge in [-0.15, -0.1) is 0 Å². The zero-order valence-electron chi connectivity index (χ0n) is 17.5. The number of rotatable bonds is 9. The lowest BCUT2D eigenvalue weighted by molar-refractivity contribution is -0.116. The van der Waals surface area contributed by atoms with Crippen molar-refractivity contribution >= 4 is 31.6 Å². The van der Waals surface area contributed by atoms with Gasteiger partial charge < -0.3 is 10.1 Å². The summed E-state index contributed by atoms with van der Waals surface area (Å²) in [5.41, 5.74) is 0.805. The van der Waals surface area contributed by atoms with Crippen molar-refractivity contribution < 1.29 is 30.8 Å². The summed E-state index contributed by atoms with van der Waals surface area (Å²) >= 11 is 0. The van der Waals surface area contributed by atoms with Crippen molar-refractivity contribution in [3.8, 4) is 5.75 Å². The van der Waals surface area contributed by atoms with E-state index in [-0.39, 0.29) is 22.9 Å². The number of ether oxygens (including phenoxy) is 1. The van der Waals surface area contributed by atoms with Crippen molar-refractivity contribution in [3.05, 3.63) is 47.8 Å². The number of benzene rings is 2. The Morgan fingerprint density at radius 3 is 2.39 bits per heavy atom. The molecule has 0 aromatic heterocycles. The first-order valence-corrected chi connectivity index (χ1v) is 12.1. The van der Waals surface area contributed by atoms with Crippen LogP contribution in [0.5, 0.6) is 5.75 Å². The van der Waals surface area contributed by atoms with Crippen LogP contribution in [0.4, 0.5) is 10.1 Å². The Bertz CT molecular complexity index is 1180. The Kier molecular flexibility index (Phi) is 7.76. The highest BCUT2D eigenvalue weighted by molar-refractivity contribution is 7.89. The molecule has 0 saturated carbocycles. The molecule has 1 amide bonds. The van der Waals surface area contributed by atoms with Crippen LogP contribution in [0.25, 0.3) is 0 Å². The van der Waals surface area contributed by atoms with Crippen LogP contribution in [0.1, 0.15) is 12.5 Å². The second-order valence-electron chi connectivity index (χ2n) is 6.46. The van der Waals surface area contributed by atoms with Crippen molar-refractivity contribution in [3.63, 3.8) is 0 Å². The maximum absolute atomic E-state index is 13.7. The van der Waals surface area contributed by atoms with Crippen molar-refractivity contribution in [1.82, 2.24) is 9.03 Å². The fraction of sp³-hybridized carbons (Fsp3) is 0.316. The van der Waals surface area contributed by atoms with E-state index in [0.29, 0.717) is 5.56 Å². The Labute approximate surface area is 181 Å². The summed E-state index contributed by atoms with van der Waals surface area (Å²) < 4.78 is 71.7. The van der Waals surface area contributed by atoms with Gasteiger partial charge in [0.25, 0.3) is 0 Å². The summed E-state index contributed by atoms with van der Waals surface area (Å²) in [4.78, 5) is 12.1. The number of methoxy groups -OCH3 is 1. The maximum Gasteiger partial charge on any atom is 0.247 e. The van der Waals surface area contributed by atoms with Gasteiger partial charge in [-0.1, -0.05) is 13.0 Å². The third kappa shape index (κ3) is 5.58.